The van der Waals surface area contributed by atoms with E-state index in [4.69, 9.17) is 0 Å². The summed E-state index contributed by atoms with van der Waals surface area (Å²) in [7, 11) is 0. The highest BCUT2D eigenvalue weighted by Gasteiger charge is 2.14. The van der Waals surface area contributed by atoms with Crippen molar-refractivity contribution in [1.29, 1.82) is 0 Å². The molecule has 0 unspecified atom stereocenters. The summed E-state index contributed by atoms with van der Waals surface area (Å²) >= 11 is 0. The van der Waals surface area contributed by atoms with Gasteiger partial charge in [0.1, 0.15) is 5.82 Å². The fourth-order valence-corrected chi connectivity index (χ4v) is 3.11. The first kappa shape index (κ1) is 17.8. The summed E-state index contributed by atoms with van der Waals surface area (Å²) in [5, 5.41) is 10.5. The highest BCUT2D eigenvalue weighted by molar-refractivity contribution is 6.03. The minimum absolute atomic E-state index is 0.269. The Labute approximate surface area is 162 Å². The van der Waals surface area contributed by atoms with Crippen LogP contribution in [-0.4, -0.2) is 31.1 Å². The van der Waals surface area contributed by atoms with Crippen molar-refractivity contribution in [2.24, 2.45) is 0 Å². The van der Waals surface area contributed by atoms with E-state index in [2.05, 4.69) is 37.4 Å². The average Bonchev–Trinajstić information content (AvgIpc) is 3.13. The Morgan fingerprint density at radius 2 is 2.11 bits per heavy atom. The number of hydrogen-bond acceptors (Lipinski definition) is 5. The predicted octanol–water partition coefficient (Wildman–Crippen LogP) is 3.93. The number of hydrogen-bond donors (Lipinski definition) is 2. The molecule has 0 bridgehead atoms. The van der Waals surface area contributed by atoms with Crippen LogP contribution in [0.4, 0.5) is 5.69 Å². The molecule has 7 nitrogen and oxygen atoms in total. The zero-order valence-corrected chi connectivity index (χ0v) is 15.7. The Bertz CT molecular complexity index is 1140. The second kappa shape index (κ2) is 7.56. The molecule has 0 atom stereocenters. The van der Waals surface area contributed by atoms with Gasteiger partial charge in [0.25, 0.3) is 5.91 Å². The van der Waals surface area contributed by atoms with E-state index in [1.165, 1.54) is 6.20 Å². The van der Waals surface area contributed by atoms with E-state index in [0.29, 0.717) is 11.3 Å². The van der Waals surface area contributed by atoms with Crippen LogP contribution in [0.15, 0.2) is 48.8 Å². The van der Waals surface area contributed by atoms with Crippen molar-refractivity contribution in [1.82, 2.24) is 25.1 Å². The van der Waals surface area contributed by atoms with Crippen LogP contribution in [0.2, 0.25) is 0 Å². The first-order valence-electron chi connectivity index (χ1n) is 9.19. The number of aromatic amines is 1. The van der Waals surface area contributed by atoms with Crippen molar-refractivity contribution >= 4 is 22.8 Å². The van der Waals surface area contributed by atoms with Gasteiger partial charge in [-0.05, 0) is 54.8 Å². The largest absolute Gasteiger partial charge is 0.337 e. The Morgan fingerprint density at radius 1 is 1.21 bits per heavy atom. The van der Waals surface area contributed by atoms with E-state index in [-0.39, 0.29) is 11.6 Å². The third-order valence-corrected chi connectivity index (χ3v) is 4.42. The molecule has 0 spiro atoms. The van der Waals surface area contributed by atoms with E-state index < -0.39 is 0 Å². The van der Waals surface area contributed by atoms with Crippen LogP contribution in [0.25, 0.3) is 22.6 Å². The minimum Gasteiger partial charge on any atom is -0.337 e. The second-order valence-corrected chi connectivity index (χ2v) is 6.65. The summed E-state index contributed by atoms with van der Waals surface area (Å²) in [6, 6.07) is 11.2. The topological polar surface area (TPSA) is 96.5 Å². The molecule has 0 aliphatic heterocycles. The van der Waals surface area contributed by atoms with Crippen LogP contribution >= 0.6 is 0 Å². The Kier molecular flexibility index (Phi) is 4.80. The van der Waals surface area contributed by atoms with E-state index in [0.717, 1.165) is 40.9 Å². The van der Waals surface area contributed by atoms with Gasteiger partial charge < -0.3 is 10.3 Å². The van der Waals surface area contributed by atoms with Crippen LogP contribution in [0, 0.1) is 6.92 Å². The van der Waals surface area contributed by atoms with E-state index >= 15 is 0 Å². The molecular weight excluding hydrogens is 352 g/mol. The minimum atomic E-state index is -0.302. The SMILES string of the molecule is CCCc1ccc(NC(=O)c2cccnn2)cc1-c1nc2ncc(C)cc2[nH]1. The molecule has 140 valence electrons. The summed E-state index contributed by atoms with van der Waals surface area (Å²) in [4.78, 5) is 24.8. The number of H-pyrrole nitrogens is 1. The number of nitrogens with one attached hydrogen (secondary N) is 2. The van der Waals surface area contributed by atoms with Crippen molar-refractivity contribution in [2.45, 2.75) is 26.7 Å². The third-order valence-electron chi connectivity index (χ3n) is 4.42. The fraction of sp³-hybridized carbons (Fsp3) is 0.190. The number of rotatable bonds is 5. The number of fused-ring (bicyclic) bond motifs is 1. The number of pyridine rings is 1. The Hall–Kier alpha value is -3.61. The predicted molar refractivity (Wildman–Crippen MR) is 108 cm³/mol. The number of amides is 1. The molecule has 0 radical (unpaired) electrons. The molecule has 1 aromatic carbocycles. The smallest absolute Gasteiger partial charge is 0.276 e. The molecule has 0 saturated carbocycles. The van der Waals surface area contributed by atoms with Crippen molar-refractivity contribution in [3.8, 4) is 11.4 Å². The fourth-order valence-electron chi connectivity index (χ4n) is 3.11. The summed E-state index contributed by atoms with van der Waals surface area (Å²) in [6.07, 6.45) is 5.26. The summed E-state index contributed by atoms with van der Waals surface area (Å²) in [5.41, 5.74) is 5.70. The number of carbonyl (C=O) groups is 1. The standard InChI is InChI=1S/C21H20N6O/c1-3-5-14-7-8-15(24-21(28)17-6-4-9-23-27-17)11-16(14)19-25-18-10-13(2)12-22-20(18)26-19/h4,6-12H,3,5H2,1-2H3,(H,24,28)(H,22,25,26). The lowest BCUT2D eigenvalue weighted by Crippen LogP contribution is -2.14. The number of carbonyl (C=O) groups excluding carboxylic acids is 1. The van der Waals surface area contributed by atoms with Gasteiger partial charge in [-0.1, -0.05) is 19.4 Å². The van der Waals surface area contributed by atoms with Gasteiger partial charge in [-0.2, -0.15) is 5.10 Å². The lowest BCUT2D eigenvalue weighted by atomic mass is 10.0. The maximum Gasteiger partial charge on any atom is 0.276 e. The average molecular weight is 372 g/mol. The Balaban J connectivity index is 1.71. The normalized spacial score (nSPS) is 10.9. The molecule has 0 aliphatic carbocycles. The first-order valence-corrected chi connectivity index (χ1v) is 9.19. The highest BCUT2D eigenvalue weighted by atomic mass is 16.1. The molecule has 3 heterocycles. The van der Waals surface area contributed by atoms with Crippen LogP contribution in [-0.2, 0) is 6.42 Å². The van der Waals surface area contributed by atoms with Crippen LogP contribution < -0.4 is 5.32 Å². The number of imidazole rings is 1. The van der Waals surface area contributed by atoms with Gasteiger partial charge in [0.05, 0.1) is 5.52 Å². The molecule has 1 amide bonds. The summed E-state index contributed by atoms with van der Waals surface area (Å²) < 4.78 is 0. The van der Waals surface area contributed by atoms with E-state index in [9.17, 15) is 4.79 Å². The molecule has 0 aliphatic rings. The molecule has 28 heavy (non-hydrogen) atoms. The van der Waals surface area contributed by atoms with Crippen LogP contribution in [0.3, 0.4) is 0 Å². The van der Waals surface area contributed by atoms with Crippen molar-refractivity contribution in [3.05, 3.63) is 65.6 Å². The lowest BCUT2D eigenvalue weighted by Gasteiger charge is -2.10. The number of nitrogens with zero attached hydrogens (tertiary/aromatic N) is 4. The number of aromatic nitrogens is 5. The molecule has 4 aromatic rings. The molecule has 2 N–H and O–H groups in total. The lowest BCUT2D eigenvalue weighted by molar-refractivity contribution is 0.102. The number of anilines is 1. The zero-order valence-electron chi connectivity index (χ0n) is 15.7. The third kappa shape index (κ3) is 3.59. The van der Waals surface area contributed by atoms with Gasteiger partial charge in [0.2, 0.25) is 0 Å². The maximum absolute atomic E-state index is 12.4. The van der Waals surface area contributed by atoms with Crippen molar-refractivity contribution < 1.29 is 4.79 Å². The van der Waals surface area contributed by atoms with Gasteiger partial charge in [0.15, 0.2) is 11.3 Å². The molecule has 3 aromatic heterocycles. The van der Waals surface area contributed by atoms with E-state index in [1.807, 2.05) is 31.2 Å². The first-order chi connectivity index (χ1) is 13.6. The summed E-state index contributed by atoms with van der Waals surface area (Å²) in [6.45, 7) is 4.13. The van der Waals surface area contributed by atoms with Gasteiger partial charge >= 0.3 is 0 Å². The van der Waals surface area contributed by atoms with Gasteiger partial charge in [0, 0.05) is 23.6 Å². The molecule has 0 saturated heterocycles. The maximum atomic E-state index is 12.4. The monoisotopic (exact) mass is 372 g/mol. The summed E-state index contributed by atoms with van der Waals surface area (Å²) in [5.74, 6) is 0.441. The number of benzene rings is 1. The quantitative estimate of drug-likeness (QED) is 0.553. The zero-order chi connectivity index (χ0) is 19.5. The molecule has 7 heteroatoms. The second-order valence-electron chi connectivity index (χ2n) is 6.65. The van der Waals surface area contributed by atoms with Crippen molar-refractivity contribution in [3.63, 3.8) is 0 Å². The van der Waals surface area contributed by atoms with Gasteiger partial charge in [-0.15, -0.1) is 5.10 Å². The van der Waals surface area contributed by atoms with Gasteiger partial charge in [-0.3, -0.25) is 4.79 Å². The molecule has 4 rings (SSSR count). The van der Waals surface area contributed by atoms with Crippen LogP contribution in [0.1, 0.15) is 35.0 Å². The van der Waals surface area contributed by atoms with Crippen LogP contribution in [0.5, 0.6) is 0 Å². The van der Waals surface area contributed by atoms with Crippen molar-refractivity contribution in [2.75, 3.05) is 5.32 Å². The molecule has 0 fully saturated rings. The molecular formula is C21H20N6O. The Morgan fingerprint density at radius 3 is 2.89 bits per heavy atom. The van der Waals surface area contributed by atoms with Gasteiger partial charge in [-0.25, -0.2) is 9.97 Å². The number of aryl methyl sites for hydroxylation is 2. The highest BCUT2D eigenvalue weighted by Crippen LogP contribution is 2.28. The van der Waals surface area contributed by atoms with E-state index in [1.54, 1.807) is 18.3 Å².